The Kier molecular flexibility index (Phi) is 8.37. The topological polar surface area (TPSA) is 72.7 Å². The molecule has 166 valence electrons. The second-order valence-corrected chi connectivity index (χ2v) is 6.42. The number of aliphatic imine (C=N–C) groups is 1. The van der Waals surface area contributed by atoms with Crippen molar-refractivity contribution in [3.05, 3.63) is 41.2 Å². The number of alkyl halides is 3. The van der Waals surface area contributed by atoms with Crippen molar-refractivity contribution in [1.29, 1.82) is 0 Å². The monoisotopic (exact) mass is 427 g/mol. The number of nitrogens with one attached hydrogen (secondary N) is 2. The van der Waals surface area contributed by atoms with Crippen LogP contribution < -0.4 is 20.1 Å². The smallest absolute Gasteiger partial charge is 0.435 e. The number of hydrogen-bond acceptors (Lipinski definition) is 4. The van der Waals surface area contributed by atoms with E-state index in [1.807, 2.05) is 32.0 Å². The first-order valence-electron chi connectivity index (χ1n) is 9.71. The van der Waals surface area contributed by atoms with Crippen molar-refractivity contribution in [2.75, 3.05) is 26.8 Å². The number of hydrogen-bond donors (Lipinski definition) is 2. The Balaban J connectivity index is 1.92. The fourth-order valence-electron chi connectivity index (χ4n) is 2.88. The van der Waals surface area contributed by atoms with Crippen molar-refractivity contribution < 1.29 is 22.6 Å². The average Bonchev–Trinajstić information content (AvgIpc) is 3.08. The molecule has 1 aromatic heterocycles. The number of aromatic nitrogens is 2. The third-order valence-electron chi connectivity index (χ3n) is 4.16. The molecule has 0 atom stereocenters. The lowest BCUT2D eigenvalue weighted by Gasteiger charge is -2.14. The molecule has 1 aromatic carbocycles. The molecule has 0 bridgehead atoms. The maximum Gasteiger partial charge on any atom is 0.435 e. The summed E-state index contributed by atoms with van der Waals surface area (Å²) in [4.78, 5) is 4.06. The molecule has 10 heteroatoms. The van der Waals surface area contributed by atoms with Crippen LogP contribution in [0.2, 0.25) is 0 Å². The highest BCUT2D eigenvalue weighted by Crippen LogP contribution is 2.30. The van der Waals surface area contributed by atoms with E-state index in [4.69, 9.17) is 9.47 Å². The molecule has 0 aliphatic rings. The predicted octanol–water partition coefficient (Wildman–Crippen LogP) is 3.14. The zero-order valence-electron chi connectivity index (χ0n) is 17.6. The highest BCUT2D eigenvalue weighted by Gasteiger charge is 2.36. The Hall–Kier alpha value is -2.91. The molecule has 0 amide bonds. The number of guanidine groups is 1. The normalized spacial score (nSPS) is 12.0. The Morgan fingerprint density at radius 2 is 1.83 bits per heavy atom. The largest absolute Gasteiger partial charge is 0.490 e. The molecule has 0 saturated heterocycles. The second kappa shape index (κ2) is 10.7. The van der Waals surface area contributed by atoms with Crippen LogP contribution in [0.1, 0.15) is 30.7 Å². The first kappa shape index (κ1) is 23.4. The fraction of sp³-hybridized carbons (Fsp3) is 0.500. The molecule has 0 saturated carbocycles. The molecule has 7 nitrogen and oxygen atoms in total. The van der Waals surface area contributed by atoms with E-state index in [0.717, 1.165) is 10.2 Å². The van der Waals surface area contributed by atoms with E-state index in [1.165, 1.54) is 13.2 Å². The van der Waals surface area contributed by atoms with Gasteiger partial charge in [-0.25, -0.2) is 0 Å². The van der Waals surface area contributed by atoms with Crippen LogP contribution in [0.5, 0.6) is 11.5 Å². The van der Waals surface area contributed by atoms with Crippen LogP contribution >= 0.6 is 0 Å². The third kappa shape index (κ3) is 6.57. The van der Waals surface area contributed by atoms with Gasteiger partial charge in [0, 0.05) is 38.9 Å². The van der Waals surface area contributed by atoms with Crippen molar-refractivity contribution in [2.24, 2.45) is 12.0 Å². The molecule has 1 heterocycles. The molecular weight excluding hydrogens is 399 g/mol. The van der Waals surface area contributed by atoms with Gasteiger partial charge in [-0.1, -0.05) is 6.07 Å². The van der Waals surface area contributed by atoms with Gasteiger partial charge >= 0.3 is 6.18 Å². The summed E-state index contributed by atoms with van der Waals surface area (Å²) in [6, 6.07) is 5.76. The lowest BCUT2D eigenvalue weighted by atomic mass is 10.1. The SMILES string of the molecule is CCOc1ccc(CCNC(=NC)NCc2cn(C)nc2C(F)(F)F)cc1OCC. The van der Waals surface area contributed by atoms with Gasteiger partial charge in [0.05, 0.1) is 13.2 Å². The van der Waals surface area contributed by atoms with Crippen molar-refractivity contribution in [3.8, 4) is 11.5 Å². The summed E-state index contributed by atoms with van der Waals surface area (Å²) >= 11 is 0. The minimum atomic E-state index is -4.50. The highest BCUT2D eigenvalue weighted by atomic mass is 19.4. The Morgan fingerprint density at radius 3 is 2.47 bits per heavy atom. The van der Waals surface area contributed by atoms with Gasteiger partial charge in [-0.2, -0.15) is 18.3 Å². The standard InChI is InChI=1S/C20H28F3N5O2/c1-5-29-16-8-7-14(11-17(16)30-6-2)9-10-25-19(24-3)26-12-15-13-28(4)27-18(15)20(21,22)23/h7-8,11,13H,5-6,9-10,12H2,1-4H3,(H2,24,25,26). The van der Waals surface area contributed by atoms with Crippen LogP contribution in [0.15, 0.2) is 29.4 Å². The number of nitrogens with zero attached hydrogens (tertiary/aromatic N) is 3. The fourth-order valence-corrected chi connectivity index (χ4v) is 2.88. The number of halogens is 3. The molecule has 30 heavy (non-hydrogen) atoms. The first-order chi connectivity index (χ1) is 14.3. The van der Waals surface area contributed by atoms with Crippen LogP contribution in [-0.2, 0) is 26.2 Å². The van der Waals surface area contributed by atoms with E-state index >= 15 is 0 Å². The molecule has 2 aromatic rings. The van der Waals surface area contributed by atoms with Gasteiger partial charge in [-0.15, -0.1) is 0 Å². The second-order valence-electron chi connectivity index (χ2n) is 6.42. The molecule has 0 aliphatic carbocycles. The molecule has 0 fully saturated rings. The molecule has 0 unspecified atom stereocenters. The van der Waals surface area contributed by atoms with Gasteiger partial charge in [0.25, 0.3) is 0 Å². The van der Waals surface area contributed by atoms with Crippen LogP contribution in [0, 0.1) is 0 Å². The van der Waals surface area contributed by atoms with Crippen molar-refractivity contribution >= 4 is 5.96 Å². The first-order valence-corrected chi connectivity index (χ1v) is 9.71. The van der Waals surface area contributed by atoms with Gasteiger partial charge < -0.3 is 20.1 Å². The summed E-state index contributed by atoms with van der Waals surface area (Å²) in [6.45, 7) is 5.41. The van der Waals surface area contributed by atoms with Crippen LogP contribution in [-0.4, -0.2) is 42.5 Å². The molecule has 0 aliphatic heterocycles. The van der Waals surface area contributed by atoms with E-state index in [9.17, 15) is 13.2 Å². The van der Waals surface area contributed by atoms with Gasteiger partial charge in [0.15, 0.2) is 23.2 Å². The maximum atomic E-state index is 13.1. The van der Waals surface area contributed by atoms with Crippen LogP contribution in [0.3, 0.4) is 0 Å². The number of rotatable bonds is 9. The number of benzene rings is 1. The Labute approximate surface area is 174 Å². The summed E-state index contributed by atoms with van der Waals surface area (Å²) in [5.41, 5.74) is 0.197. The minimum Gasteiger partial charge on any atom is -0.490 e. The van der Waals surface area contributed by atoms with E-state index in [-0.39, 0.29) is 12.1 Å². The van der Waals surface area contributed by atoms with E-state index in [2.05, 4.69) is 20.7 Å². The van der Waals surface area contributed by atoms with Crippen LogP contribution in [0.25, 0.3) is 0 Å². The lowest BCUT2D eigenvalue weighted by molar-refractivity contribution is -0.142. The van der Waals surface area contributed by atoms with Crippen molar-refractivity contribution in [3.63, 3.8) is 0 Å². The summed E-state index contributed by atoms with van der Waals surface area (Å²) in [5, 5.41) is 9.50. The molecule has 0 spiro atoms. The zero-order chi connectivity index (χ0) is 22.1. The number of aryl methyl sites for hydroxylation is 1. The third-order valence-corrected chi connectivity index (χ3v) is 4.16. The zero-order valence-corrected chi connectivity index (χ0v) is 17.6. The quantitative estimate of drug-likeness (QED) is 0.475. The van der Waals surface area contributed by atoms with Crippen molar-refractivity contribution in [2.45, 2.75) is 33.0 Å². The molecule has 2 rings (SSSR count). The lowest BCUT2D eigenvalue weighted by Crippen LogP contribution is -2.38. The summed E-state index contributed by atoms with van der Waals surface area (Å²) < 4.78 is 51.5. The molecule has 0 radical (unpaired) electrons. The Bertz CT molecular complexity index is 849. The van der Waals surface area contributed by atoms with Crippen molar-refractivity contribution in [1.82, 2.24) is 20.4 Å². The molecular formula is C20H28F3N5O2. The number of ether oxygens (including phenoxy) is 2. The van der Waals surface area contributed by atoms with Gasteiger partial charge in [-0.05, 0) is 38.0 Å². The summed E-state index contributed by atoms with van der Waals surface area (Å²) in [5.74, 6) is 1.80. The minimum absolute atomic E-state index is 0.0418. The summed E-state index contributed by atoms with van der Waals surface area (Å²) in [6.07, 6.45) is -2.48. The van der Waals surface area contributed by atoms with E-state index in [0.29, 0.717) is 43.6 Å². The van der Waals surface area contributed by atoms with E-state index < -0.39 is 11.9 Å². The van der Waals surface area contributed by atoms with E-state index in [1.54, 1.807) is 7.05 Å². The van der Waals surface area contributed by atoms with Gasteiger partial charge in [-0.3, -0.25) is 9.67 Å². The van der Waals surface area contributed by atoms with Crippen LogP contribution in [0.4, 0.5) is 13.2 Å². The molecule has 2 N–H and O–H groups in total. The Morgan fingerprint density at radius 1 is 1.13 bits per heavy atom. The average molecular weight is 427 g/mol. The van der Waals surface area contributed by atoms with Gasteiger partial charge in [0.1, 0.15) is 0 Å². The summed E-state index contributed by atoms with van der Waals surface area (Å²) in [7, 11) is 3.02. The maximum absolute atomic E-state index is 13.1. The predicted molar refractivity (Wildman–Crippen MR) is 109 cm³/mol. The van der Waals surface area contributed by atoms with Gasteiger partial charge in [0.2, 0.25) is 0 Å². The highest BCUT2D eigenvalue weighted by molar-refractivity contribution is 5.79.